The third-order valence-corrected chi connectivity index (χ3v) is 7.32. The molecule has 4 nitrogen and oxygen atoms in total. The number of aryl methyl sites for hydroxylation is 1. The molecule has 0 bridgehead atoms. The smallest absolute Gasteiger partial charge is 0.261 e. The van der Waals surface area contributed by atoms with E-state index < -0.39 is 15.6 Å². The van der Waals surface area contributed by atoms with E-state index in [2.05, 4.69) is 16.6 Å². The number of nitrogens with one attached hydrogen (secondary N) is 1. The van der Waals surface area contributed by atoms with Crippen molar-refractivity contribution in [2.24, 2.45) is 0 Å². The molecule has 0 spiro atoms. The van der Waals surface area contributed by atoms with Gasteiger partial charge in [-0.25, -0.2) is 8.42 Å². The van der Waals surface area contributed by atoms with E-state index in [9.17, 15) is 13.5 Å². The van der Waals surface area contributed by atoms with E-state index in [0.29, 0.717) is 21.2 Å². The normalized spacial score (nSPS) is 12.8. The fraction of sp³-hybridized carbons (Fsp3) is 0.0714. The van der Waals surface area contributed by atoms with Crippen molar-refractivity contribution < 1.29 is 13.5 Å². The van der Waals surface area contributed by atoms with Crippen molar-refractivity contribution >= 4 is 38.9 Å². The molecule has 0 saturated carbocycles. The zero-order valence-corrected chi connectivity index (χ0v) is 21.0. The number of sulfonamides is 1. The number of benzene rings is 4. The largest absolute Gasteiger partial charge is 0.369 e. The van der Waals surface area contributed by atoms with Crippen molar-refractivity contribution in [2.45, 2.75) is 17.4 Å². The van der Waals surface area contributed by atoms with Crippen LogP contribution in [0.15, 0.2) is 102 Å². The lowest BCUT2D eigenvalue weighted by Gasteiger charge is -2.26. The van der Waals surface area contributed by atoms with Gasteiger partial charge in [-0.05, 0) is 43.3 Å². The van der Waals surface area contributed by atoms with Crippen LogP contribution in [-0.2, 0) is 15.6 Å². The SMILES string of the molecule is Cc1ccc(S(=O)(=O)Nc2ccccc2C(O)(C#Cc2ccc(Cl)cc2Cl)c2ccccc2)cc1. The maximum atomic E-state index is 13.1. The van der Waals surface area contributed by atoms with Crippen molar-refractivity contribution in [2.75, 3.05) is 4.72 Å². The molecule has 0 aliphatic carbocycles. The van der Waals surface area contributed by atoms with E-state index in [-0.39, 0.29) is 16.1 Å². The Morgan fingerprint density at radius 3 is 2.20 bits per heavy atom. The number of rotatable bonds is 5. The van der Waals surface area contributed by atoms with E-state index in [4.69, 9.17) is 23.2 Å². The summed E-state index contributed by atoms with van der Waals surface area (Å²) >= 11 is 12.3. The van der Waals surface area contributed by atoms with E-state index in [1.54, 1.807) is 78.9 Å². The first kappa shape index (κ1) is 24.8. The van der Waals surface area contributed by atoms with E-state index >= 15 is 0 Å². The number of halogens is 2. The lowest BCUT2D eigenvalue weighted by Crippen LogP contribution is -2.27. The average Bonchev–Trinajstić information content (AvgIpc) is 2.84. The summed E-state index contributed by atoms with van der Waals surface area (Å²) in [6.45, 7) is 1.88. The molecule has 0 heterocycles. The summed E-state index contributed by atoms with van der Waals surface area (Å²) in [5.74, 6) is 5.86. The zero-order chi connectivity index (χ0) is 25.1. The number of para-hydroxylation sites is 1. The van der Waals surface area contributed by atoms with Crippen LogP contribution in [0, 0.1) is 18.8 Å². The number of hydrogen-bond donors (Lipinski definition) is 2. The van der Waals surface area contributed by atoms with Gasteiger partial charge >= 0.3 is 0 Å². The minimum absolute atomic E-state index is 0.111. The molecule has 0 saturated heterocycles. The van der Waals surface area contributed by atoms with Crippen LogP contribution in [0.25, 0.3) is 0 Å². The van der Waals surface area contributed by atoms with Gasteiger partial charge in [0.2, 0.25) is 0 Å². The van der Waals surface area contributed by atoms with E-state index in [1.165, 1.54) is 12.1 Å². The highest BCUT2D eigenvalue weighted by atomic mass is 35.5. The Balaban J connectivity index is 1.84. The van der Waals surface area contributed by atoms with Crippen LogP contribution < -0.4 is 4.72 Å². The van der Waals surface area contributed by atoms with Crippen LogP contribution in [0.3, 0.4) is 0 Å². The lowest BCUT2D eigenvalue weighted by molar-refractivity contribution is 0.146. The minimum atomic E-state index is -3.92. The molecular formula is C28H21Cl2NO3S. The Morgan fingerprint density at radius 1 is 0.857 bits per heavy atom. The summed E-state index contributed by atoms with van der Waals surface area (Å²) in [7, 11) is -3.92. The van der Waals surface area contributed by atoms with Crippen LogP contribution >= 0.6 is 23.2 Å². The van der Waals surface area contributed by atoms with E-state index in [0.717, 1.165) is 5.56 Å². The summed E-state index contributed by atoms with van der Waals surface area (Å²) < 4.78 is 28.9. The Morgan fingerprint density at radius 2 is 1.51 bits per heavy atom. The van der Waals surface area contributed by atoms with Gasteiger partial charge in [0, 0.05) is 21.7 Å². The van der Waals surface area contributed by atoms with Gasteiger partial charge in [0.05, 0.1) is 15.6 Å². The summed E-state index contributed by atoms with van der Waals surface area (Å²) in [6, 6.07) is 26.8. The first-order chi connectivity index (χ1) is 16.7. The third-order valence-electron chi connectivity index (χ3n) is 5.39. The summed E-state index contributed by atoms with van der Waals surface area (Å²) in [5.41, 5.74) is 0.522. The second-order valence-corrected chi connectivity index (χ2v) is 10.4. The average molecular weight is 522 g/mol. The maximum absolute atomic E-state index is 13.1. The minimum Gasteiger partial charge on any atom is -0.369 e. The van der Waals surface area contributed by atoms with Crippen molar-refractivity contribution in [1.82, 2.24) is 0 Å². The monoisotopic (exact) mass is 521 g/mol. The molecule has 4 aromatic carbocycles. The fourth-order valence-corrected chi connectivity index (χ4v) is 5.07. The highest BCUT2D eigenvalue weighted by molar-refractivity contribution is 7.92. The Bertz CT molecular complexity index is 1530. The van der Waals surface area contributed by atoms with Gasteiger partial charge in [0.15, 0.2) is 5.60 Å². The Labute approximate surface area is 215 Å². The molecule has 0 aliphatic heterocycles. The van der Waals surface area contributed by atoms with Crippen LogP contribution in [0.5, 0.6) is 0 Å². The molecule has 0 aliphatic rings. The van der Waals surface area contributed by atoms with Crippen molar-refractivity contribution in [3.8, 4) is 11.8 Å². The highest BCUT2D eigenvalue weighted by Gasteiger charge is 2.33. The molecule has 1 unspecified atom stereocenters. The second-order valence-electron chi connectivity index (χ2n) is 7.91. The topological polar surface area (TPSA) is 66.4 Å². The summed E-state index contributed by atoms with van der Waals surface area (Å²) in [4.78, 5) is 0.111. The standard InChI is InChI=1S/C28H21Cl2NO3S/c1-20-11-15-24(16-12-20)35(33,34)31-27-10-6-5-9-25(27)28(32,22-7-3-2-4-8-22)18-17-21-13-14-23(29)19-26(21)30/h2-16,19,31-32H,1H3. The first-order valence-electron chi connectivity index (χ1n) is 10.6. The molecule has 4 rings (SSSR count). The van der Waals surface area contributed by atoms with Gasteiger partial charge in [0.25, 0.3) is 10.0 Å². The molecule has 35 heavy (non-hydrogen) atoms. The zero-order valence-electron chi connectivity index (χ0n) is 18.7. The molecule has 2 N–H and O–H groups in total. The van der Waals surface area contributed by atoms with Gasteiger partial charge in [-0.2, -0.15) is 0 Å². The van der Waals surface area contributed by atoms with Gasteiger partial charge in [-0.15, -0.1) is 0 Å². The third kappa shape index (κ3) is 5.53. The number of hydrogen-bond acceptors (Lipinski definition) is 3. The Kier molecular flexibility index (Phi) is 7.20. The molecule has 4 aromatic rings. The predicted molar refractivity (Wildman–Crippen MR) is 141 cm³/mol. The predicted octanol–water partition coefficient (Wildman–Crippen LogP) is 6.39. The first-order valence-corrected chi connectivity index (χ1v) is 12.9. The number of anilines is 1. The summed E-state index contributed by atoms with van der Waals surface area (Å²) in [6.07, 6.45) is 0. The molecule has 0 amide bonds. The van der Waals surface area contributed by atoms with Crippen molar-refractivity contribution in [1.29, 1.82) is 0 Å². The molecule has 0 radical (unpaired) electrons. The maximum Gasteiger partial charge on any atom is 0.261 e. The van der Waals surface area contributed by atoms with Crippen molar-refractivity contribution in [3.63, 3.8) is 0 Å². The van der Waals surface area contributed by atoms with Crippen LogP contribution in [0.4, 0.5) is 5.69 Å². The van der Waals surface area contributed by atoms with Crippen molar-refractivity contribution in [3.05, 3.63) is 129 Å². The molecule has 1 atom stereocenters. The summed E-state index contributed by atoms with van der Waals surface area (Å²) in [5, 5.41) is 12.8. The lowest BCUT2D eigenvalue weighted by atomic mass is 9.85. The highest BCUT2D eigenvalue weighted by Crippen LogP contribution is 2.35. The van der Waals surface area contributed by atoms with Gasteiger partial charge in [0.1, 0.15) is 0 Å². The van der Waals surface area contributed by atoms with E-state index in [1.807, 2.05) is 13.0 Å². The molecule has 176 valence electrons. The molecule has 0 aromatic heterocycles. The van der Waals surface area contributed by atoms with Crippen LogP contribution in [-0.4, -0.2) is 13.5 Å². The molecule has 7 heteroatoms. The van der Waals surface area contributed by atoms with Gasteiger partial charge < -0.3 is 5.11 Å². The molecular weight excluding hydrogens is 501 g/mol. The van der Waals surface area contributed by atoms with Crippen LogP contribution in [0.2, 0.25) is 10.0 Å². The van der Waals surface area contributed by atoms with Crippen LogP contribution in [0.1, 0.15) is 22.3 Å². The van der Waals surface area contributed by atoms with Gasteiger partial charge in [-0.1, -0.05) is 101 Å². The quantitative estimate of drug-likeness (QED) is 0.299. The Hall–Kier alpha value is -3.27. The van der Waals surface area contributed by atoms with Gasteiger partial charge in [-0.3, -0.25) is 4.72 Å². The molecule has 0 fully saturated rings. The fourth-order valence-electron chi connectivity index (χ4n) is 3.53. The second kappa shape index (κ2) is 10.2. The number of aliphatic hydroxyl groups is 1.